The van der Waals surface area contributed by atoms with E-state index in [0.29, 0.717) is 13.0 Å². The lowest BCUT2D eigenvalue weighted by Crippen LogP contribution is -2.25. The van der Waals surface area contributed by atoms with Crippen LogP contribution < -0.4 is 10.1 Å². The summed E-state index contributed by atoms with van der Waals surface area (Å²) in [4.78, 5) is 17.3. The predicted octanol–water partition coefficient (Wildman–Crippen LogP) is 3.84. The molecule has 144 valence electrons. The third-order valence-electron chi connectivity index (χ3n) is 4.93. The van der Waals surface area contributed by atoms with Crippen molar-refractivity contribution in [2.24, 2.45) is 0 Å². The Morgan fingerprint density at radius 2 is 1.93 bits per heavy atom. The van der Waals surface area contributed by atoms with Crippen LogP contribution in [-0.2, 0) is 17.9 Å². The van der Waals surface area contributed by atoms with Crippen LogP contribution in [0.15, 0.2) is 66.0 Å². The van der Waals surface area contributed by atoms with Crippen LogP contribution in [0.3, 0.4) is 0 Å². The van der Waals surface area contributed by atoms with E-state index in [1.807, 2.05) is 48.7 Å². The van der Waals surface area contributed by atoms with Crippen molar-refractivity contribution in [3.05, 3.63) is 77.6 Å². The number of carbonyl (C=O) groups is 1. The molecule has 1 aromatic heterocycles. The Morgan fingerprint density at radius 3 is 2.64 bits per heavy atom. The normalized spacial score (nSPS) is 13.8. The first-order chi connectivity index (χ1) is 13.7. The molecule has 28 heavy (non-hydrogen) atoms. The quantitative estimate of drug-likeness (QED) is 0.663. The molecule has 0 saturated carbocycles. The highest BCUT2D eigenvalue weighted by molar-refractivity contribution is 7.99. The number of methoxy groups -OCH3 is 1. The minimum absolute atomic E-state index is 0.00494. The number of aromatic nitrogens is 2. The molecule has 4 rings (SSSR count). The van der Waals surface area contributed by atoms with Crippen molar-refractivity contribution in [2.45, 2.75) is 30.6 Å². The van der Waals surface area contributed by atoms with Crippen molar-refractivity contribution < 1.29 is 9.53 Å². The molecule has 2 aromatic carbocycles. The highest BCUT2D eigenvalue weighted by atomic mass is 32.2. The van der Waals surface area contributed by atoms with E-state index >= 15 is 0 Å². The minimum Gasteiger partial charge on any atom is -0.497 e. The number of ether oxygens (including phenoxy) is 1. The molecule has 1 N–H and O–H groups in total. The topological polar surface area (TPSA) is 56.1 Å². The van der Waals surface area contributed by atoms with Crippen LogP contribution in [0.25, 0.3) is 0 Å². The summed E-state index contributed by atoms with van der Waals surface area (Å²) in [7, 11) is 1.65. The zero-order chi connectivity index (χ0) is 19.3. The summed E-state index contributed by atoms with van der Waals surface area (Å²) in [5.74, 6) is 1.90. The molecule has 1 atom stereocenters. The van der Waals surface area contributed by atoms with E-state index in [4.69, 9.17) is 4.74 Å². The van der Waals surface area contributed by atoms with Crippen LogP contribution in [-0.4, -0.2) is 28.3 Å². The molecular formula is C22H23N3O2S. The number of hydrogen-bond acceptors (Lipinski definition) is 4. The summed E-state index contributed by atoms with van der Waals surface area (Å²) in [6.07, 6.45) is 2.42. The lowest BCUT2D eigenvalue weighted by Gasteiger charge is -2.18. The predicted molar refractivity (Wildman–Crippen MR) is 111 cm³/mol. The number of carbonyl (C=O) groups excluding carboxylic acids is 1. The second-order valence-electron chi connectivity index (χ2n) is 6.77. The molecule has 1 aliphatic heterocycles. The van der Waals surface area contributed by atoms with Gasteiger partial charge in [0.05, 0.1) is 19.3 Å². The number of rotatable bonds is 7. The molecule has 0 radical (unpaired) electrons. The molecule has 1 aliphatic rings. The Hall–Kier alpha value is -2.73. The van der Waals surface area contributed by atoms with Gasteiger partial charge in [0, 0.05) is 30.8 Å². The number of benzene rings is 2. The maximum atomic E-state index is 12.7. The van der Waals surface area contributed by atoms with Gasteiger partial charge in [-0.3, -0.25) is 4.79 Å². The number of nitrogens with zero attached hydrogens (tertiary/aromatic N) is 2. The van der Waals surface area contributed by atoms with Crippen LogP contribution in [0, 0.1) is 0 Å². The number of hydrogen-bond donors (Lipinski definition) is 1. The second-order valence-corrected chi connectivity index (χ2v) is 7.84. The van der Waals surface area contributed by atoms with E-state index in [9.17, 15) is 4.79 Å². The highest BCUT2D eigenvalue weighted by Crippen LogP contribution is 2.29. The second kappa shape index (κ2) is 8.52. The van der Waals surface area contributed by atoms with Crippen LogP contribution in [0.4, 0.5) is 0 Å². The van der Waals surface area contributed by atoms with Crippen molar-refractivity contribution >= 4 is 17.7 Å². The third-order valence-corrected chi connectivity index (χ3v) is 5.90. The van der Waals surface area contributed by atoms with E-state index in [1.165, 1.54) is 0 Å². The molecule has 0 fully saturated rings. The van der Waals surface area contributed by atoms with Gasteiger partial charge in [-0.2, -0.15) is 0 Å². The molecule has 0 saturated heterocycles. The van der Waals surface area contributed by atoms with Gasteiger partial charge in [-0.05, 0) is 23.3 Å². The Balaban J connectivity index is 1.45. The smallest absolute Gasteiger partial charge is 0.221 e. The molecular weight excluding hydrogens is 370 g/mol. The fourth-order valence-electron chi connectivity index (χ4n) is 3.44. The molecule has 0 spiro atoms. The maximum absolute atomic E-state index is 12.7. The van der Waals surface area contributed by atoms with Crippen molar-refractivity contribution in [2.75, 3.05) is 12.9 Å². The molecule has 0 aliphatic carbocycles. The molecule has 0 bridgehead atoms. The highest BCUT2D eigenvalue weighted by Gasteiger charge is 2.19. The first-order valence-electron chi connectivity index (χ1n) is 9.37. The van der Waals surface area contributed by atoms with E-state index in [1.54, 1.807) is 18.9 Å². The largest absolute Gasteiger partial charge is 0.497 e. The zero-order valence-electron chi connectivity index (χ0n) is 15.8. The standard InChI is InChI=1S/C22H23N3O2S/c1-27-19-9-7-17(8-10-19)20(16-5-3-2-4-6-16)13-21(26)23-14-18-15-25-11-12-28-22(25)24-18/h2-10,15,20H,11-14H2,1H3,(H,23,26)/t20-/m0/s1. The fourth-order valence-corrected chi connectivity index (χ4v) is 4.41. The summed E-state index contributed by atoms with van der Waals surface area (Å²) < 4.78 is 7.41. The van der Waals surface area contributed by atoms with Gasteiger partial charge < -0.3 is 14.6 Å². The number of nitrogens with one attached hydrogen (secondary N) is 1. The summed E-state index contributed by atoms with van der Waals surface area (Å²) >= 11 is 1.76. The third kappa shape index (κ3) is 4.22. The van der Waals surface area contributed by atoms with Crippen molar-refractivity contribution in [3.8, 4) is 5.75 Å². The molecule has 0 unspecified atom stereocenters. The Kier molecular flexibility index (Phi) is 5.67. The zero-order valence-corrected chi connectivity index (χ0v) is 16.6. The SMILES string of the molecule is COc1ccc([C@@H](CC(=O)NCc2cn3c(n2)SCC3)c2ccccc2)cc1. The lowest BCUT2D eigenvalue weighted by atomic mass is 9.88. The monoisotopic (exact) mass is 393 g/mol. The van der Waals surface area contributed by atoms with Crippen molar-refractivity contribution in [1.82, 2.24) is 14.9 Å². The molecule has 6 heteroatoms. The number of amides is 1. The van der Waals surface area contributed by atoms with E-state index in [-0.39, 0.29) is 11.8 Å². The van der Waals surface area contributed by atoms with E-state index in [0.717, 1.165) is 40.0 Å². The van der Waals surface area contributed by atoms with Gasteiger partial charge in [0.25, 0.3) is 0 Å². The van der Waals surface area contributed by atoms with Crippen molar-refractivity contribution in [1.29, 1.82) is 0 Å². The summed E-state index contributed by atoms with van der Waals surface area (Å²) in [6, 6.07) is 18.1. The number of aryl methyl sites for hydroxylation is 1. The summed E-state index contributed by atoms with van der Waals surface area (Å²) in [5.41, 5.74) is 3.14. The van der Waals surface area contributed by atoms with E-state index < -0.39 is 0 Å². The first kappa shape index (κ1) is 18.6. The Labute approximate surface area is 169 Å². The number of thioether (sulfide) groups is 1. The Bertz CT molecular complexity index is 917. The molecule has 2 heterocycles. The average Bonchev–Trinajstić information content (AvgIpc) is 3.33. The number of fused-ring (bicyclic) bond motifs is 1. The van der Waals surface area contributed by atoms with Gasteiger partial charge in [-0.15, -0.1) is 0 Å². The number of imidazole rings is 1. The summed E-state index contributed by atoms with van der Waals surface area (Å²) in [5, 5.41) is 4.08. The first-order valence-corrected chi connectivity index (χ1v) is 10.4. The van der Waals surface area contributed by atoms with Crippen LogP contribution >= 0.6 is 11.8 Å². The van der Waals surface area contributed by atoms with Crippen LogP contribution in [0.1, 0.15) is 29.2 Å². The van der Waals surface area contributed by atoms with Crippen LogP contribution in [0.2, 0.25) is 0 Å². The van der Waals surface area contributed by atoms with Gasteiger partial charge in [0.15, 0.2) is 5.16 Å². The van der Waals surface area contributed by atoms with Crippen molar-refractivity contribution in [3.63, 3.8) is 0 Å². The van der Waals surface area contributed by atoms with Crippen LogP contribution in [0.5, 0.6) is 5.75 Å². The van der Waals surface area contributed by atoms with Gasteiger partial charge in [0.2, 0.25) is 5.91 Å². The maximum Gasteiger partial charge on any atom is 0.221 e. The average molecular weight is 394 g/mol. The molecule has 3 aromatic rings. The van der Waals surface area contributed by atoms with E-state index in [2.05, 4.69) is 27.0 Å². The van der Waals surface area contributed by atoms with Gasteiger partial charge in [-0.25, -0.2) is 4.98 Å². The van der Waals surface area contributed by atoms with Gasteiger partial charge in [-0.1, -0.05) is 54.2 Å². The molecule has 1 amide bonds. The lowest BCUT2D eigenvalue weighted by molar-refractivity contribution is -0.121. The minimum atomic E-state index is -0.00494. The molecule has 5 nitrogen and oxygen atoms in total. The van der Waals surface area contributed by atoms with Gasteiger partial charge >= 0.3 is 0 Å². The summed E-state index contributed by atoms with van der Waals surface area (Å²) in [6.45, 7) is 1.46. The van der Waals surface area contributed by atoms with Gasteiger partial charge in [0.1, 0.15) is 5.75 Å². The Morgan fingerprint density at radius 1 is 1.18 bits per heavy atom. The fraction of sp³-hybridized carbons (Fsp3) is 0.273.